The maximum Gasteiger partial charge on any atom is 0.131 e. The molecule has 0 aromatic heterocycles. The summed E-state index contributed by atoms with van der Waals surface area (Å²) in [6.45, 7) is 4.70. The van der Waals surface area contributed by atoms with Crippen molar-refractivity contribution in [1.82, 2.24) is 10.2 Å². The van der Waals surface area contributed by atoms with Crippen molar-refractivity contribution in [1.29, 1.82) is 0 Å². The van der Waals surface area contributed by atoms with Crippen molar-refractivity contribution in [2.24, 2.45) is 5.92 Å². The van der Waals surface area contributed by atoms with Crippen molar-refractivity contribution in [3.05, 3.63) is 29.6 Å². The average Bonchev–Trinajstić information content (AvgIpc) is 2.31. The minimum Gasteiger partial charge on any atom is -0.497 e. The number of methoxy groups -OCH3 is 1. The van der Waals surface area contributed by atoms with Crippen LogP contribution in [0.5, 0.6) is 5.75 Å². The van der Waals surface area contributed by atoms with Crippen molar-refractivity contribution in [2.45, 2.75) is 13.5 Å². The zero-order valence-corrected chi connectivity index (χ0v) is 11.7. The summed E-state index contributed by atoms with van der Waals surface area (Å²) in [6.07, 6.45) is 0. The number of nitrogens with one attached hydrogen (secondary N) is 1. The van der Waals surface area contributed by atoms with Crippen LogP contribution >= 0.6 is 0 Å². The summed E-state index contributed by atoms with van der Waals surface area (Å²) < 4.78 is 18.8. The third kappa shape index (κ3) is 4.63. The topological polar surface area (TPSA) is 24.5 Å². The summed E-state index contributed by atoms with van der Waals surface area (Å²) in [6, 6.07) is 5.01. The second-order valence-electron chi connectivity index (χ2n) is 4.82. The molecule has 18 heavy (non-hydrogen) atoms. The second kappa shape index (κ2) is 7.34. The Kier molecular flexibility index (Phi) is 6.09. The molecule has 0 fully saturated rings. The van der Waals surface area contributed by atoms with E-state index in [9.17, 15) is 4.39 Å². The number of rotatable bonds is 7. The molecule has 0 heterocycles. The highest BCUT2D eigenvalue weighted by Crippen LogP contribution is 2.17. The number of ether oxygens (including phenoxy) is 1. The second-order valence-corrected chi connectivity index (χ2v) is 4.82. The minimum absolute atomic E-state index is 0.206. The normalized spacial score (nSPS) is 12.8. The minimum atomic E-state index is -0.206. The van der Waals surface area contributed by atoms with E-state index in [1.807, 2.05) is 14.1 Å². The summed E-state index contributed by atoms with van der Waals surface area (Å²) in [5.74, 6) is 0.895. The zero-order valence-electron chi connectivity index (χ0n) is 11.7. The van der Waals surface area contributed by atoms with Gasteiger partial charge in [0.15, 0.2) is 0 Å². The third-order valence-electron chi connectivity index (χ3n) is 2.88. The van der Waals surface area contributed by atoms with E-state index in [0.29, 0.717) is 23.8 Å². The van der Waals surface area contributed by atoms with Gasteiger partial charge in [-0.3, -0.25) is 0 Å². The molecule has 0 aliphatic heterocycles. The Labute approximate surface area is 109 Å². The van der Waals surface area contributed by atoms with Crippen LogP contribution in [0.1, 0.15) is 12.5 Å². The fourth-order valence-corrected chi connectivity index (χ4v) is 2.08. The molecule has 1 atom stereocenters. The van der Waals surface area contributed by atoms with Gasteiger partial charge in [0, 0.05) is 24.7 Å². The van der Waals surface area contributed by atoms with Crippen molar-refractivity contribution < 1.29 is 9.13 Å². The van der Waals surface area contributed by atoms with Gasteiger partial charge in [-0.25, -0.2) is 4.39 Å². The summed E-state index contributed by atoms with van der Waals surface area (Å²) in [7, 11) is 5.50. The molecule has 102 valence electrons. The van der Waals surface area contributed by atoms with E-state index < -0.39 is 0 Å². The van der Waals surface area contributed by atoms with Crippen LogP contribution in [0.2, 0.25) is 0 Å². The largest absolute Gasteiger partial charge is 0.497 e. The molecule has 1 rings (SSSR count). The first kappa shape index (κ1) is 14.9. The molecule has 1 unspecified atom stereocenters. The summed E-state index contributed by atoms with van der Waals surface area (Å²) in [5, 5.41) is 3.15. The number of hydrogen-bond acceptors (Lipinski definition) is 3. The van der Waals surface area contributed by atoms with Gasteiger partial charge in [0.05, 0.1) is 7.11 Å². The highest BCUT2D eigenvalue weighted by molar-refractivity contribution is 5.28. The molecule has 1 aromatic rings. The summed E-state index contributed by atoms with van der Waals surface area (Å²) in [5.41, 5.74) is 0.704. The smallest absolute Gasteiger partial charge is 0.131 e. The van der Waals surface area contributed by atoms with Gasteiger partial charge in [-0.1, -0.05) is 13.0 Å². The van der Waals surface area contributed by atoms with E-state index in [-0.39, 0.29) is 5.82 Å². The lowest BCUT2D eigenvalue weighted by Gasteiger charge is -2.21. The Morgan fingerprint density at radius 1 is 1.44 bits per heavy atom. The number of nitrogens with zero attached hydrogens (tertiary/aromatic N) is 1. The molecule has 1 N–H and O–H groups in total. The average molecular weight is 254 g/mol. The van der Waals surface area contributed by atoms with Gasteiger partial charge in [-0.2, -0.15) is 0 Å². The lowest BCUT2D eigenvalue weighted by atomic mass is 10.1. The molecule has 0 aliphatic carbocycles. The van der Waals surface area contributed by atoms with E-state index in [0.717, 1.165) is 13.1 Å². The highest BCUT2D eigenvalue weighted by atomic mass is 19.1. The molecular formula is C14H23FN2O. The quantitative estimate of drug-likeness (QED) is 0.806. The van der Waals surface area contributed by atoms with Gasteiger partial charge in [0.25, 0.3) is 0 Å². The van der Waals surface area contributed by atoms with Crippen molar-refractivity contribution in [3.8, 4) is 5.75 Å². The van der Waals surface area contributed by atoms with Gasteiger partial charge in [0.1, 0.15) is 11.6 Å². The monoisotopic (exact) mass is 254 g/mol. The fourth-order valence-electron chi connectivity index (χ4n) is 2.08. The van der Waals surface area contributed by atoms with Gasteiger partial charge in [0.2, 0.25) is 0 Å². The Morgan fingerprint density at radius 3 is 2.72 bits per heavy atom. The lowest BCUT2D eigenvalue weighted by molar-refractivity contribution is 0.272. The van der Waals surface area contributed by atoms with Crippen LogP contribution in [0.25, 0.3) is 0 Å². The number of halogens is 1. The van der Waals surface area contributed by atoms with Crippen LogP contribution in [0.15, 0.2) is 18.2 Å². The Hall–Kier alpha value is -1.13. The van der Waals surface area contributed by atoms with Crippen LogP contribution in [0.3, 0.4) is 0 Å². The van der Waals surface area contributed by atoms with Crippen molar-refractivity contribution >= 4 is 0 Å². The van der Waals surface area contributed by atoms with Gasteiger partial charge >= 0.3 is 0 Å². The van der Waals surface area contributed by atoms with Gasteiger partial charge in [-0.05, 0) is 32.6 Å². The van der Waals surface area contributed by atoms with E-state index in [4.69, 9.17) is 4.74 Å². The SMILES string of the molecule is CNCC(C)CN(C)Cc1ccc(OC)cc1F. The van der Waals surface area contributed by atoms with Gasteiger partial charge < -0.3 is 15.0 Å². The van der Waals surface area contributed by atoms with Crippen LogP contribution in [0.4, 0.5) is 4.39 Å². The first-order chi connectivity index (χ1) is 8.56. The van der Waals surface area contributed by atoms with Crippen LogP contribution in [-0.2, 0) is 6.54 Å². The maximum absolute atomic E-state index is 13.8. The van der Waals surface area contributed by atoms with Gasteiger partial charge in [-0.15, -0.1) is 0 Å². The third-order valence-corrected chi connectivity index (χ3v) is 2.88. The first-order valence-corrected chi connectivity index (χ1v) is 6.22. The highest BCUT2D eigenvalue weighted by Gasteiger charge is 2.09. The van der Waals surface area contributed by atoms with Crippen LogP contribution in [-0.4, -0.2) is 39.2 Å². The van der Waals surface area contributed by atoms with Crippen molar-refractivity contribution in [2.75, 3.05) is 34.3 Å². The molecule has 0 saturated heterocycles. The van der Waals surface area contributed by atoms with Crippen molar-refractivity contribution in [3.63, 3.8) is 0 Å². The first-order valence-electron chi connectivity index (χ1n) is 6.22. The zero-order chi connectivity index (χ0) is 13.5. The van der Waals surface area contributed by atoms with Crippen LogP contribution in [0, 0.1) is 11.7 Å². The summed E-state index contributed by atoms with van der Waals surface area (Å²) in [4.78, 5) is 2.13. The molecule has 4 heteroatoms. The fraction of sp³-hybridized carbons (Fsp3) is 0.571. The molecule has 0 amide bonds. The number of hydrogen-bond donors (Lipinski definition) is 1. The predicted octanol–water partition coefficient (Wildman–Crippen LogP) is 2.12. The molecule has 0 bridgehead atoms. The molecular weight excluding hydrogens is 231 g/mol. The van der Waals surface area contributed by atoms with E-state index in [1.54, 1.807) is 19.2 Å². The Bertz CT molecular complexity index is 371. The Morgan fingerprint density at radius 2 is 2.17 bits per heavy atom. The molecule has 0 spiro atoms. The van der Waals surface area contributed by atoms with E-state index in [2.05, 4.69) is 17.1 Å². The van der Waals surface area contributed by atoms with E-state index in [1.165, 1.54) is 6.07 Å². The Balaban J connectivity index is 2.56. The predicted molar refractivity (Wildman–Crippen MR) is 72.4 cm³/mol. The molecule has 0 aliphatic rings. The molecule has 3 nitrogen and oxygen atoms in total. The maximum atomic E-state index is 13.8. The standard InChI is InChI=1S/C14H23FN2O/c1-11(8-16-2)9-17(3)10-12-5-6-13(18-4)7-14(12)15/h5-7,11,16H,8-10H2,1-4H3. The van der Waals surface area contributed by atoms with E-state index >= 15 is 0 Å². The molecule has 0 radical (unpaired) electrons. The number of benzene rings is 1. The molecule has 0 saturated carbocycles. The lowest BCUT2D eigenvalue weighted by Crippen LogP contribution is -2.29. The summed E-state index contributed by atoms with van der Waals surface area (Å²) >= 11 is 0. The molecule has 1 aromatic carbocycles. The van der Waals surface area contributed by atoms with Crippen LogP contribution < -0.4 is 10.1 Å².